The van der Waals surface area contributed by atoms with Gasteiger partial charge in [0.25, 0.3) is 0 Å². The highest BCUT2D eigenvalue weighted by atomic mass is 16.5. The summed E-state index contributed by atoms with van der Waals surface area (Å²) in [6.45, 7) is 6.19. The molecule has 4 nitrogen and oxygen atoms in total. The van der Waals surface area contributed by atoms with Crippen LogP contribution in [0.4, 0.5) is 0 Å². The van der Waals surface area contributed by atoms with Crippen LogP contribution >= 0.6 is 0 Å². The van der Waals surface area contributed by atoms with Crippen LogP contribution in [-0.2, 0) is 6.42 Å². The molecule has 0 aliphatic heterocycles. The third-order valence-corrected chi connectivity index (χ3v) is 3.07. The second-order valence-electron chi connectivity index (χ2n) is 4.78. The predicted octanol–water partition coefficient (Wildman–Crippen LogP) is 2.95. The second-order valence-corrected chi connectivity index (χ2v) is 4.78. The molecule has 0 aliphatic carbocycles. The Labute approximate surface area is 107 Å². The van der Waals surface area contributed by atoms with Crippen LogP contribution in [-0.4, -0.2) is 10.1 Å². The predicted molar refractivity (Wildman–Crippen MR) is 70.9 cm³/mol. The van der Waals surface area contributed by atoms with Crippen molar-refractivity contribution in [1.29, 1.82) is 0 Å². The zero-order chi connectivity index (χ0) is 13.1. The van der Waals surface area contributed by atoms with Gasteiger partial charge in [0.05, 0.1) is 6.04 Å². The summed E-state index contributed by atoms with van der Waals surface area (Å²) >= 11 is 0. The Morgan fingerprint density at radius 1 is 1.22 bits per heavy atom. The maximum absolute atomic E-state index is 5.98. The van der Waals surface area contributed by atoms with Gasteiger partial charge in [0.1, 0.15) is 0 Å². The van der Waals surface area contributed by atoms with E-state index in [0.29, 0.717) is 11.7 Å². The molecule has 0 aliphatic rings. The van der Waals surface area contributed by atoms with E-state index < -0.39 is 0 Å². The number of benzene rings is 1. The van der Waals surface area contributed by atoms with Crippen LogP contribution < -0.4 is 5.73 Å². The van der Waals surface area contributed by atoms with Gasteiger partial charge >= 0.3 is 0 Å². The molecule has 0 radical (unpaired) electrons. The van der Waals surface area contributed by atoms with Crippen molar-refractivity contribution in [2.24, 2.45) is 11.7 Å². The van der Waals surface area contributed by atoms with E-state index in [1.807, 2.05) is 26.0 Å². The van der Waals surface area contributed by atoms with Gasteiger partial charge in [-0.05, 0) is 17.9 Å². The van der Waals surface area contributed by atoms with Crippen LogP contribution in [0.3, 0.4) is 0 Å². The van der Waals surface area contributed by atoms with Crippen LogP contribution in [0.5, 0.6) is 0 Å². The number of hydrogen-bond acceptors (Lipinski definition) is 4. The van der Waals surface area contributed by atoms with Gasteiger partial charge in [-0.1, -0.05) is 50.2 Å². The molecular weight excluding hydrogens is 226 g/mol. The van der Waals surface area contributed by atoms with Crippen LogP contribution in [0, 0.1) is 5.92 Å². The van der Waals surface area contributed by atoms with Gasteiger partial charge in [0.2, 0.25) is 11.7 Å². The first kappa shape index (κ1) is 12.8. The smallest absolute Gasteiger partial charge is 0.244 e. The summed E-state index contributed by atoms with van der Waals surface area (Å²) in [4.78, 5) is 4.35. The Hall–Kier alpha value is -1.68. The molecule has 0 saturated heterocycles. The minimum absolute atomic E-state index is 0.207. The van der Waals surface area contributed by atoms with E-state index in [2.05, 4.69) is 29.2 Å². The fourth-order valence-corrected chi connectivity index (χ4v) is 1.66. The van der Waals surface area contributed by atoms with Gasteiger partial charge in [0, 0.05) is 5.56 Å². The summed E-state index contributed by atoms with van der Waals surface area (Å²) in [6, 6.07) is 7.96. The highest BCUT2D eigenvalue weighted by Gasteiger charge is 2.18. The monoisotopic (exact) mass is 245 g/mol. The summed E-state index contributed by atoms with van der Waals surface area (Å²) in [5, 5.41) is 3.98. The number of nitrogens with zero attached hydrogens (tertiary/aromatic N) is 2. The van der Waals surface area contributed by atoms with E-state index in [1.165, 1.54) is 5.56 Å². The molecule has 1 heterocycles. The van der Waals surface area contributed by atoms with Crippen LogP contribution in [0.2, 0.25) is 0 Å². The molecule has 1 aromatic heterocycles. The van der Waals surface area contributed by atoms with Crippen molar-refractivity contribution in [3.63, 3.8) is 0 Å². The van der Waals surface area contributed by atoms with Crippen molar-refractivity contribution in [3.8, 4) is 11.4 Å². The molecule has 0 fully saturated rings. The SMILES string of the molecule is CCc1ccc(-c2noc(C(N)C(C)C)n2)cc1. The minimum Gasteiger partial charge on any atom is -0.337 e. The fourth-order valence-electron chi connectivity index (χ4n) is 1.66. The normalized spacial score (nSPS) is 12.9. The summed E-state index contributed by atoms with van der Waals surface area (Å²) in [6.07, 6.45) is 1.02. The van der Waals surface area contributed by atoms with E-state index in [4.69, 9.17) is 10.3 Å². The van der Waals surface area contributed by atoms with Gasteiger partial charge in [-0.3, -0.25) is 0 Å². The summed E-state index contributed by atoms with van der Waals surface area (Å²) < 4.78 is 5.21. The van der Waals surface area contributed by atoms with Crippen molar-refractivity contribution in [3.05, 3.63) is 35.7 Å². The molecular formula is C14H19N3O. The molecule has 1 unspecified atom stereocenters. The number of nitrogens with two attached hydrogens (primary N) is 1. The van der Waals surface area contributed by atoms with Crippen molar-refractivity contribution in [2.45, 2.75) is 33.2 Å². The van der Waals surface area contributed by atoms with E-state index in [9.17, 15) is 0 Å². The fraction of sp³-hybridized carbons (Fsp3) is 0.429. The molecule has 0 spiro atoms. The van der Waals surface area contributed by atoms with E-state index in [0.717, 1.165) is 12.0 Å². The Morgan fingerprint density at radius 2 is 1.89 bits per heavy atom. The van der Waals surface area contributed by atoms with Gasteiger partial charge in [0.15, 0.2) is 0 Å². The summed E-state index contributed by atoms with van der Waals surface area (Å²) in [5.41, 5.74) is 8.23. The maximum atomic E-state index is 5.98. The Kier molecular flexibility index (Phi) is 3.77. The highest BCUT2D eigenvalue weighted by Crippen LogP contribution is 2.21. The third-order valence-electron chi connectivity index (χ3n) is 3.07. The summed E-state index contributed by atoms with van der Waals surface area (Å²) in [7, 11) is 0. The van der Waals surface area contributed by atoms with E-state index in [1.54, 1.807) is 0 Å². The molecule has 0 amide bonds. The van der Waals surface area contributed by atoms with Crippen LogP contribution in [0.1, 0.15) is 38.3 Å². The molecule has 0 saturated carbocycles. The molecule has 2 aromatic rings. The van der Waals surface area contributed by atoms with Crippen molar-refractivity contribution in [2.75, 3.05) is 0 Å². The lowest BCUT2D eigenvalue weighted by Crippen LogP contribution is -2.16. The molecule has 1 aromatic carbocycles. The van der Waals surface area contributed by atoms with Gasteiger partial charge in [-0.25, -0.2) is 0 Å². The largest absolute Gasteiger partial charge is 0.337 e. The molecule has 4 heteroatoms. The number of rotatable bonds is 4. The highest BCUT2D eigenvalue weighted by molar-refractivity contribution is 5.54. The first-order valence-electron chi connectivity index (χ1n) is 6.30. The minimum atomic E-state index is -0.207. The number of aryl methyl sites for hydroxylation is 1. The lowest BCUT2D eigenvalue weighted by atomic mass is 10.1. The standard InChI is InChI=1S/C14H19N3O/c1-4-10-5-7-11(8-6-10)13-16-14(18-17-13)12(15)9(2)3/h5-9,12H,4,15H2,1-3H3. The van der Waals surface area contributed by atoms with Crippen LogP contribution in [0.25, 0.3) is 11.4 Å². The van der Waals surface area contributed by atoms with Gasteiger partial charge < -0.3 is 10.3 Å². The lowest BCUT2D eigenvalue weighted by molar-refractivity contribution is 0.325. The first-order chi connectivity index (χ1) is 8.61. The molecule has 0 bridgehead atoms. The Morgan fingerprint density at radius 3 is 2.44 bits per heavy atom. The maximum Gasteiger partial charge on any atom is 0.244 e. The van der Waals surface area contributed by atoms with Crippen molar-refractivity contribution >= 4 is 0 Å². The third kappa shape index (κ3) is 2.59. The quantitative estimate of drug-likeness (QED) is 0.899. The van der Waals surface area contributed by atoms with E-state index >= 15 is 0 Å². The average Bonchev–Trinajstić information content (AvgIpc) is 2.87. The second kappa shape index (κ2) is 5.31. The first-order valence-corrected chi connectivity index (χ1v) is 6.30. The van der Waals surface area contributed by atoms with Gasteiger partial charge in [-0.15, -0.1) is 0 Å². The molecule has 18 heavy (non-hydrogen) atoms. The lowest BCUT2D eigenvalue weighted by Gasteiger charge is -2.09. The Balaban J connectivity index is 2.23. The molecule has 96 valence electrons. The zero-order valence-corrected chi connectivity index (χ0v) is 11.1. The topological polar surface area (TPSA) is 64.9 Å². The number of aromatic nitrogens is 2. The molecule has 1 atom stereocenters. The van der Waals surface area contributed by atoms with Gasteiger partial charge in [-0.2, -0.15) is 4.98 Å². The zero-order valence-electron chi connectivity index (χ0n) is 11.1. The molecule has 2 N–H and O–H groups in total. The average molecular weight is 245 g/mol. The number of hydrogen-bond donors (Lipinski definition) is 1. The van der Waals surface area contributed by atoms with Crippen LogP contribution in [0.15, 0.2) is 28.8 Å². The Bertz CT molecular complexity index is 502. The van der Waals surface area contributed by atoms with Crippen molar-refractivity contribution < 1.29 is 4.52 Å². The summed E-state index contributed by atoms with van der Waals surface area (Å²) in [5.74, 6) is 1.38. The van der Waals surface area contributed by atoms with E-state index in [-0.39, 0.29) is 12.0 Å². The molecule has 2 rings (SSSR count). The van der Waals surface area contributed by atoms with Crippen molar-refractivity contribution in [1.82, 2.24) is 10.1 Å².